The lowest BCUT2D eigenvalue weighted by Crippen LogP contribution is -2.51. The van der Waals surface area contributed by atoms with Crippen LogP contribution in [-0.4, -0.2) is 43.2 Å². The van der Waals surface area contributed by atoms with Crippen LogP contribution in [0, 0.1) is 11.8 Å². The summed E-state index contributed by atoms with van der Waals surface area (Å²) in [5.74, 6) is 1.17. The highest BCUT2D eigenvalue weighted by Crippen LogP contribution is 2.24. The van der Waals surface area contributed by atoms with Crippen molar-refractivity contribution in [2.75, 3.05) is 26.3 Å². The molecular formula is C15H28N2O2. The molecule has 4 heteroatoms. The minimum Gasteiger partial charge on any atom is -0.381 e. The molecule has 2 unspecified atom stereocenters. The number of likely N-dealkylation sites (tertiary alicyclic amines) is 1. The fourth-order valence-electron chi connectivity index (χ4n) is 3.40. The van der Waals surface area contributed by atoms with E-state index in [1.165, 1.54) is 19.3 Å². The van der Waals surface area contributed by atoms with Crippen LogP contribution in [0.2, 0.25) is 0 Å². The second kappa shape index (κ2) is 7.25. The maximum Gasteiger partial charge on any atom is 0.239 e. The SMILES string of the molecule is CCCC1CCCN(C(=O)C(N)C2CCOCC2)C1. The molecule has 2 aliphatic rings. The van der Waals surface area contributed by atoms with Crippen molar-refractivity contribution in [1.82, 2.24) is 4.90 Å². The Morgan fingerprint density at radius 2 is 2.11 bits per heavy atom. The molecule has 0 aliphatic carbocycles. The second-order valence-electron chi connectivity index (χ2n) is 6.06. The summed E-state index contributed by atoms with van der Waals surface area (Å²) in [5.41, 5.74) is 6.20. The fraction of sp³-hybridized carbons (Fsp3) is 0.933. The summed E-state index contributed by atoms with van der Waals surface area (Å²) in [7, 11) is 0. The second-order valence-corrected chi connectivity index (χ2v) is 6.06. The molecule has 0 spiro atoms. The van der Waals surface area contributed by atoms with E-state index in [2.05, 4.69) is 6.92 Å². The van der Waals surface area contributed by atoms with Crippen molar-refractivity contribution in [2.45, 2.75) is 51.5 Å². The minimum atomic E-state index is -0.315. The zero-order valence-corrected chi connectivity index (χ0v) is 12.1. The van der Waals surface area contributed by atoms with Gasteiger partial charge in [0.1, 0.15) is 0 Å². The quantitative estimate of drug-likeness (QED) is 0.845. The smallest absolute Gasteiger partial charge is 0.239 e. The molecule has 0 aromatic heterocycles. The highest BCUT2D eigenvalue weighted by atomic mass is 16.5. The van der Waals surface area contributed by atoms with E-state index < -0.39 is 0 Å². The van der Waals surface area contributed by atoms with E-state index in [1.807, 2.05) is 4.90 Å². The molecule has 0 bridgehead atoms. The van der Waals surface area contributed by atoms with Crippen LogP contribution < -0.4 is 5.73 Å². The number of ether oxygens (including phenoxy) is 1. The van der Waals surface area contributed by atoms with Crippen LogP contribution in [0.3, 0.4) is 0 Å². The van der Waals surface area contributed by atoms with Crippen molar-refractivity contribution in [3.05, 3.63) is 0 Å². The van der Waals surface area contributed by atoms with Crippen LogP contribution >= 0.6 is 0 Å². The van der Waals surface area contributed by atoms with E-state index in [4.69, 9.17) is 10.5 Å². The molecule has 2 rings (SSSR count). The molecule has 0 radical (unpaired) electrons. The third-order valence-electron chi connectivity index (χ3n) is 4.59. The molecule has 110 valence electrons. The van der Waals surface area contributed by atoms with Gasteiger partial charge in [0.15, 0.2) is 0 Å². The van der Waals surface area contributed by atoms with Crippen LogP contribution in [0.15, 0.2) is 0 Å². The van der Waals surface area contributed by atoms with Crippen LogP contribution in [0.5, 0.6) is 0 Å². The van der Waals surface area contributed by atoms with E-state index in [0.717, 1.165) is 45.6 Å². The summed E-state index contributed by atoms with van der Waals surface area (Å²) in [4.78, 5) is 14.5. The molecule has 0 saturated carbocycles. The number of rotatable bonds is 4. The first-order valence-electron chi connectivity index (χ1n) is 7.84. The summed E-state index contributed by atoms with van der Waals surface area (Å²) in [5, 5.41) is 0. The van der Waals surface area contributed by atoms with Crippen molar-refractivity contribution in [2.24, 2.45) is 17.6 Å². The molecule has 2 heterocycles. The van der Waals surface area contributed by atoms with E-state index in [9.17, 15) is 4.79 Å². The number of piperidine rings is 1. The number of nitrogens with zero attached hydrogens (tertiary/aromatic N) is 1. The average Bonchev–Trinajstić information content (AvgIpc) is 2.47. The maximum absolute atomic E-state index is 12.5. The Balaban J connectivity index is 1.86. The predicted octanol–water partition coefficient (Wildman–Crippen LogP) is 1.78. The summed E-state index contributed by atoms with van der Waals surface area (Å²) >= 11 is 0. The molecule has 4 nitrogen and oxygen atoms in total. The first kappa shape index (κ1) is 14.8. The van der Waals surface area contributed by atoms with E-state index in [1.54, 1.807) is 0 Å². The molecule has 19 heavy (non-hydrogen) atoms. The lowest BCUT2D eigenvalue weighted by Gasteiger charge is -2.36. The van der Waals surface area contributed by atoms with Crippen molar-refractivity contribution in [3.8, 4) is 0 Å². The highest BCUT2D eigenvalue weighted by Gasteiger charge is 2.32. The first-order chi connectivity index (χ1) is 9.22. The number of carbonyl (C=O) groups is 1. The number of hydrogen-bond acceptors (Lipinski definition) is 3. The lowest BCUT2D eigenvalue weighted by molar-refractivity contribution is -0.136. The minimum absolute atomic E-state index is 0.174. The summed E-state index contributed by atoms with van der Waals surface area (Å²) in [6, 6.07) is -0.315. The van der Waals surface area contributed by atoms with Gasteiger partial charge < -0.3 is 15.4 Å². The average molecular weight is 268 g/mol. The van der Waals surface area contributed by atoms with Gasteiger partial charge in [-0.05, 0) is 43.9 Å². The fourth-order valence-corrected chi connectivity index (χ4v) is 3.40. The molecule has 2 N–H and O–H groups in total. The maximum atomic E-state index is 12.5. The predicted molar refractivity (Wildman–Crippen MR) is 75.7 cm³/mol. The van der Waals surface area contributed by atoms with Gasteiger partial charge in [-0.1, -0.05) is 13.3 Å². The van der Waals surface area contributed by atoms with Crippen LogP contribution in [0.25, 0.3) is 0 Å². The molecule has 2 fully saturated rings. The van der Waals surface area contributed by atoms with Gasteiger partial charge in [-0.15, -0.1) is 0 Å². The van der Waals surface area contributed by atoms with Crippen LogP contribution in [0.1, 0.15) is 45.4 Å². The number of nitrogens with two attached hydrogens (primary N) is 1. The number of carbonyl (C=O) groups excluding carboxylic acids is 1. The van der Waals surface area contributed by atoms with Gasteiger partial charge in [0, 0.05) is 26.3 Å². The van der Waals surface area contributed by atoms with E-state index in [-0.39, 0.29) is 11.9 Å². The van der Waals surface area contributed by atoms with Crippen molar-refractivity contribution in [1.29, 1.82) is 0 Å². The number of amides is 1. The standard InChI is InChI=1S/C15H28N2O2/c1-2-4-12-5-3-8-17(11-12)15(18)14(16)13-6-9-19-10-7-13/h12-14H,2-11,16H2,1H3. The van der Waals surface area contributed by atoms with Gasteiger partial charge in [-0.25, -0.2) is 0 Å². The Morgan fingerprint density at radius 3 is 2.79 bits per heavy atom. The van der Waals surface area contributed by atoms with Gasteiger partial charge in [0.25, 0.3) is 0 Å². The highest BCUT2D eigenvalue weighted by molar-refractivity contribution is 5.82. The zero-order chi connectivity index (χ0) is 13.7. The normalized spacial score (nSPS) is 27.3. The van der Waals surface area contributed by atoms with E-state index >= 15 is 0 Å². The van der Waals surface area contributed by atoms with Gasteiger partial charge in [-0.2, -0.15) is 0 Å². The topological polar surface area (TPSA) is 55.6 Å². The molecule has 0 aromatic rings. The van der Waals surface area contributed by atoms with E-state index in [0.29, 0.717) is 11.8 Å². The van der Waals surface area contributed by atoms with Crippen molar-refractivity contribution >= 4 is 5.91 Å². The van der Waals surface area contributed by atoms with Gasteiger partial charge in [0.05, 0.1) is 6.04 Å². The van der Waals surface area contributed by atoms with Crippen LogP contribution in [-0.2, 0) is 9.53 Å². The Hall–Kier alpha value is -0.610. The molecule has 1 amide bonds. The largest absolute Gasteiger partial charge is 0.381 e. The third kappa shape index (κ3) is 3.93. The Bertz CT molecular complexity index is 288. The molecule has 2 atom stereocenters. The molecule has 0 aromatic carbocycles. The Labute approximate surface area is 116 Å². The number of hydrogen-bond donors (Lipinski definition) is 1. The molecular weight excluding hydrogens is 240 g/mol. The summed E-state index contributed by atoms with van der Waals surface area (Å²) in [6.45, 7) is 5.54. The third-order valence-corrected chi connectivity index (χ3v) is 4.59. The Morgan fingerprint density at radius 1 is 1.37 bits per heavy atom. The van der Waals surface area contributed by atoms with Gasteiger partial charge >= 0.3 is 0 Å². The van der Waals surface area contributed by atoms with Gasteiger partial charge in [-0.3, -0.25) is 4.79 Å². The Kier molecular flexibility index (Phi) is 5.64. The van der Waals surface area contributed by atoms with Crippen molar-refractivity contribution in [3.63, 3.8) is 0 Å². The lowest BCUT2D eigenvalue weighted by atomic mass is 9.89. The first-order valence-corrected chi connectivity index (χ1v) is 7.84. The van der Waals surface area contributed by atoms with Gasteiger partial charge in [0.2, 0.25) is 5.91 Å². The monoisotopic (exact) mass is 268 g/mol. The van der Waals surface area contributed by atoms with Crippen molar-refractivity contribution < 1.29 is 9.53 Å². The summed E-state index contributed by atoms with van der Waals surface area (Å²) in [6.07, 6.45) is 6.70. The summed E-state index contributed by atoms with van der Waals surface area (Å²) < 4.78 is 5.34. The molecule has 2 aliphatic heterocycles. The zero-order valence-electron chi connectivity index (χ0n) is 12.1. The molecule has 2 saturated heterocycles. The van der Waals surface area contributed by atoms with Crippen LogP contribution in [0.4, 0.5) is 0 Å².